The van der Waals surface area contributed by atoms with Crippen molar-refractivity contribution in [2.75, 3.05) is 6.61 Å². The molecule has 10 heteroatoms. The van der Waals surface area contributed by atoms with E-state index in [1.165, 1.54) is 17.7 Å². The van der Waals surface area contributed by atoms with Gasteiger partial charge in [-0.3, -0.25) is 0 Å². The lowest BCUT2D eigenvalue weighted by Crippen LogP contribution is -2.30. The van der Waals surface area contributed by atoms with E-state index >= 15 is 0 Å². The van der Waals surface area contributed by atoms with E-state index in [0.717, 1.165) is 12.3 Å². The molecule has 22 heavy (non-hydrogen) atoms. The number of halogens is 1. The van der Waals surface area contributed by atoms with Crippen LogP contribution in [-0.2, 0) is 22.0 Å². The number of pyridine rings is 1. The number of ether oxygens (including phenoxy) is 1. The summed E-state index contributed by atoms with van der Waals surface area (Å²) in [7, 11) is -3.16. The molecule has 0 amide bonds. The van der Waals surface area contributed by atoms with Crippen LogP contribution >= 0.6 is 15.9 Å². The zero-order valence-electron chi connectivity index (χ0n) is 11.1. The number of aromatic hydroxyl groups is 1. The Morgan fingerprint density at radius 1 is 1.45 bits per heavy atom. The topological polar surface area (TPSA) is 128 Å². The fourth-order valence-corrected chi connectivity index (χ4v) is 2.94. The number of phenols is 1. The SMILES string of the molecule is C[n+]1cc(S(=O)(=O)[O-])cc2c(Br)c(O)c(OCC(=O)O)cc21. The van der Waals surface area contributed by atoms with Crippen molar-refractivity contribution in [3.8, 4) is 11.5 Å². The summed E-state index contributed by atoms with van der Waals surface area (Å²) < 4.78 is 39.8. The van der Waals surface area contributed by atoms with Crippen LogP contribution in [0, 0.1) is 0 Å². The molecule has 118 valence electrons. The van der Waals surface area contributed by atoms with Crippen LogP contribution in [0.2, 0.25) is 0 Å². The first-order valence-electron chi connectivity index (χ1n) is 5.76. The number of benzene rings is 1. The Labute approximate surface area is 133 Å². The van der Waals surface area contributed by atoms with Gasteiger partial charge in [0.05, 0.1) is 15.9 Å². The van der Waals surface area contributed by atoms with Crippen LogP contribution in [-0.4, -0.2) is 35.8 Å². The van der Waals surface area contributed by atoms with E-state index in [0.29, 0.717) is 5.52 Å². The molecule has 0 aliphatic carbocycles. The van der Waals surface area contributed by atoms with Crippen LogP contribution in [0.3, 0.4) is 0 Å². The number of aliphatic carboxylic acids is 1. The molecule has 2 N–H and O–H groups in total. The van der Waals surface area contributed by atoms with Gasteiger partial charge in [0.25, 0.3) is 0 Å². The molecule has 0 aliphatic heterocycles. The number of phenolic OH excluding ortho intramolecular Hbond substituents is 1. The molecule has 8 nitrogen and oxygen atoms in total. The predicted octanol–water partition coefficient (Wildman–Crippen LogP) is 0.500. The van der Waals surface area contributed by atoms with Gasteiger partial charge in [0.1, 0.15) is 22.1 Å². The lowest BCUT2D eigenvalue weighted by Gasteiger charge is -2.11. The van der Waals surface area contributed by atoms with Crippen molar-refractivity contribution in [2.24, 2.45) is 7.05 Å². The highest BCUT2D eigenvalue weighted by Crippen LogP contribution is 2.39. The number of aromatic nitrogens is 1. The van der Waals surface area contributed by atoms with Gasteiger partial charge >= 0.3 is 5.97 Å². The fraction of sp³-hybridized carbons (Fsp3) is 0.167. The second-order valence-corrected chi connectivity index (χ2v) is 6.57. The number of carboxylic acids is 1. The lowest BCUT2D eigenvalue weighted by atomic mass is 10.2. The predicted molar refractivity (Wildman–Crippen MR) is 75.6 cm³/mol. The number of rotatable bonds is 4. The van der Waals surface area contributed by atoms with E-state index in [1.807, 2.05) is 0 Å². The minimum absolute atomic E-state index is 0.0879. The van der Waals surface area contributed by atoms with E-state index in [9.17, 15) is 22.9 Å². The molecule has 0 radical (unpaired) electrons. The molecule has 1 aromatic heterocycles. The van der Waals surface area contributed by atoms with Gasteiger partial charge in [0, 0.05) is 0 Å². The third kappa shape index (κ3) is 3.13. The van der Waals surface area contributed by atoms with Gasteiger partial charge < -0.3 is 19.5 Å². The summed E-state index contributed by atoms with van der Waals surface area (Å²) >= 11 is 3.09. The Morgan fingerprint density at radius 3 is 2.64 bits per heavy atom. The Kier molecular flexibility index (Phi) is 4.27. The first-order valence-corrected chi connectivity index (χ1v) is 7.96. The summed E-state index contributed by atoms with van der Waals surface area (Å²) in [6, 6.07) is 2.46. The average molecular weight is 392 g/mol. The second kappa shape index (κ2) is 5.71. The molecule has 0 saturated heterocycles. The molecule has 0 saturated carbocycles. The Hall–Kier alpha value is -1.91. The van der Waals surface area contributed by atoms with Gasteiger partial charge in [0.2, 0.25) is 5.52 Å². The maximum absolute atomic E-state index is 11.1. The Balaban J connectivity index is 2.71. The summed E-state index contributed by atoms with van der Waals surface area (Å²) in [4.78, 5) is 10.1. The minimum atomic E-state index is -4.66. The van der Waals surface area contributed by atoms with Crippen LogP contribution in [0.15, 0.2) is 27.7 Å². The highest BCUT2D eigenvalue weighted by molar-refractivity contribution is 9.10. The summed E-state index contributed by atoms with van der Waals surface area (Å²) in [6.07, 6.45) is 1.12. The first kappa shape index (κ1) is 16.5. The van der Waals surface area contributed by atoms with Crippen LogP contribution in [0.5, 0.6) is 11.5 Å². The smallest absolute Gasteiger partial charge is 0.341 e. The number of carboxylic acid groups (broad SMARTS) is 1. The zero-order chi connectivity index (χ0) is 16.7. The summed E-state index contributed by atoms with van der Waals surface area (Å²) in [5.41, 5.74) is 0.428. The van der Waals surface area contributed by atoms with Crippen LogP contribution in [0.25, 0.3) is 10.9 Å². The van der Waals surface area contributed by atoms with Crippen molar-refractivity contribution in [2.45, 2.75) is 4.90 Å². The second-order valence-electron chi connectivity index (χ2n) is 4.39. The van der Waals surface area contributed by atoms with Crippen LogP contribution in [0.4, 0.5) is 0 Å². The molecule has 0 fully saturated rings. The number of nitrogens with zero attached hydrogens (tertiary/aromatic N) is 1. The number of fused-ring (bicyclic) bond motifs is 1. The quantitative estimate of drug-likeness (QED) is 0.573. The summed E-state index contributed by atoms with van der Waals surface area (Å²) in [5, 5.41) is 18.9. The van der Waals surface area contributed by atoms with E-state index in [1.54, 1.807) is 0 Å². The molecular weight excluding hydrogens is 382 g/mol. The molecule has 2 rings (SSSR count). The number of carbonyl (C=O) groups is 1. The zero-order valence-corrected chi connectivity index (χ0v) is 13.5. The van der Waals surface area contributed by atoms with Crippen molar-refractivity contribution < 1.29 is 37.3 Å². The number of aryl methyl sites for hydroxylation is 1. The Morgan fingerprint density at radius 2 is 2.09 bits per heavy atom. The fourth-order valence-electron chi connectivity index (χ4n) is 1.87. The van der Waals surface area contributed by atoms with Crippen molar-refractivity contribution in [1.82, 2.24) is 0 Å². The van der Waals surface area contributed by atoms with Crippen LogP contribution < -0.4 is 9.30 Å². The molecule has 0 bridgehead atoms. The van der Waals surface area contributed by atoms with Gasteiger partial charge in [-0.25, -0.2) is 13.2 Å². The van der Waals surface area contributed by atoms with E-state index < -0.39 is 33.3 Å². The molecule has 2 aromatic rings. The molecule has 0 unspecified atom stereocenters. The average Bonchev–Trinajstić information content (AvgIpc) is 2.40. The maximum atomic E-state index is 11.1. The van der Waals surface area contributed by atoms with Gasteiger partial charge in [0.15, 0.2) is 24.3 Å². The standard InChI is InChI=1S/C12H10BrNO7S/c1-14-4-6(22(18,19)20)2-7-8(14)3-9(12(17)11(7)13)21-5-10(15)16/h2-4H,5H2,1H3,(H2-,15,16,17,18,19,20). The minimum Gasteiger partial charge on any atom is -0.744 e. The van der Waals surface area contributed by atoms with E-state index in [2.05, 4.69) is 15.9 Å². The summed E-state index contributed by atoms with van der Waals surface area (Å²) in [5.74, 6) is -1.70. The van der Waals surface area contributed by atoms with Gasteiger partial charge in [-0.05, 0) is 22.0 Å². The van der Waals surface area contributed by atoms with Crippen molar-refractivity contribution >= 4 is 42.9 Å². The third-order valence-corrected chi connectivity index (χ3v) is 4.45. The molecule has 0 aliphatic rings. The highest BCUT2D eigenvalue weighted by Gasteiger charge is 2.20. The summed E-state index contributed by atoms with van der Waals surface area (Å²) in [6.45, 7) is -0.651. The molecule has 0 spiro atoms. The molecular formula is C12H10BrNO7S. The van der Waals surface area contributed by atoms with Crippen LogP contribution in [0.1, 0.15) is 0 Å². The van der Waals surface area contributed by atoms with Crippen molar-refractivity contribution in [3.63, 3.8) is 0 Å². The first-order chi connectivity index (χ1) is 10.1. The monoisotopic (exact) mass is 391 g/mol. The molecule has 0 atom stereocenters. The van der Waals surface area contributed by atoms with Gasteiger partial charge in [-0.2, -0.15) is 4.57 Å². The van der Waals surface area contributed by atoms with Crippen molar-refractivity contribution in [3.05, 3.63) is 22.8 Å². The lowest BCUT2D eigenvalue weighted by molar-refractivity contribution is -0.646. The van der Waals surface area contributed by atoms with Gasteiger partial charge in [-0.1, -0.05) is 0 Å². The molecule has 1 aromatic carbocycles. The maximum Gasteiger partial charge on any atom is 0.341 e. The highest BCUT2D eigenvalue weighted by atomic mass is 79.9. The third-order valence-electron chi connectivity index (χ3n) is 2.85. The number of hydrogen-bond acceptors (Lipinski definition) is 6. The molecule has 1 heterocycles. The van der Waals surface area contributed by atoms with E-state index in [-0.39, 0.29) is 15.6 Å². The normalized spacial score (nSPS) is 11.6. The largest absolute Gasteiger partial charge is 0.744 e. The number of hydrogen-bond donors (Lipinski definition) is 2. The van der Waals surface area contributed by atoms with E-state index in [4.69, 9.17) is 9.84 Å². The van der Waals surface area contributed by atoms with Gasteiger partial charge in [-0.15, -0.1) is 0 Å². The van der Waals surface area contributed by atoms with Crippen molar-refractivity contribution in [1.29, 1.82) is 0 Å². The Bertz CT molecular complexity index is 879.